The molecule has 0 radical (unpaired) electrons. The van der Waals surface area contributed by atoms with Gasteiger partial charge in [0.1, 0.15) is 9.84 Å². The third-order valence-corrected chi connectivity index (χ3v) is 3.68. The molecule has 1 aromatic carbocycles. The average molecular weight is 282 g/mol. The number of sulfone groups is 1. The van der Waals surface area contributed by atoms with Crippen molar-refractivity contribution in [1.29, 1.82) is 5.26 Å². The van der Waals surface area contributed by atoms with E-state index < -0.39 is 15.9 Å². The van der Waals surface area contributed by atoms with Crippen molar-refractivity contribution in [3.63, 3.8) is 0 Å². The second kappa shape index (κ2) is 6.66. The minimum absolute atomic E-state index is 0.0730. The van der Waals surface area contributed by atoms with Gasteiger partial charge >= 0.3 is 0 Å². The van der Waals surface area contributed by atoms with Gasteiger partial charge in [-0.3, -0.25) is 0 Å². The van der Waals surface area contributed by atoms with E-state index in [1.54, 1.807) is 36.2 Å². The van der Waals surface area contributed by atoms with Crippen LogP contribution in [0, 0.1) is 11.3 Å². The lowest BCUT2D eigenvalue weighted by Crippen LogP contribution is -2.29. The van der Waals surface area contributed by atoms with Crippen molar-refractivity contribution >= 4 is 9.84 Å². The van der Waals surface area contributed by atoms with Crippen molar-refractivity contribution in [2.75, 3.05) is 32.1 Å². The van der Waals surface area contributed by atoms with E-state index >= 15 is 0 Å². The SMILES string of the molecule is CN(CCS(C)(=O)=O)CC(O)c1ccc(C#N)cc1. The summed E-state index contributed by atoms with van der Waals surface area (Å²) in [6.07, 6.45) is 0.495. The molecule has 6 heteroatoms. The zero-order valence-electron chi connectivity index (χ0n) is 11.1. The van der Waals surface area contributed by atoms with E-state index in [-0.39, 0.29) is 5.75 Å². The van der Waals surface area contributed by atoms with Crippen LogP contribution in [0.15, 0.2) is 24.3 Å². The maximum Gasteiger partial charge on any atom is 0.148 e. The summed E-state index contributed by atoms with van der Waals surface area (Å²) in [4.78, 5) is 1.77. The molecule has 0 aliphatic carbocycles. The van der Waals surface area contributed by atoms with Crippen LogP contribution < -0.4 is 0 Å². The number of nitriles is 1. The largest absolute Gasteiger partial charge is 0.387 e. The lowest BCUT2D eigenvalue weighted by atomic mass is 10.1. The number of benzene rings is 1. The zero-order valence-corrected chi connectivity index (χ0v) is 11.9. The molecule has 0 fully saturated rings. The highest BCUT2D eigenvalue weighted by atomic mass is 32.2. The quantitative estimate of drug-likeness (QED) is 0.825. The van der Waals surface area contributed by atoms with E-state index in [1.165, 1.54) is 6.26 Å². The van der Waals surface area contributed by atoms with E-state index in [0.717, 1.165) is 0 Å². The normalized spacial score (nSPS) is 13.2. The Morgan fingerprint density at radius 1 is 1.37 bits per heavy atom. The van der Waals surface area contributed by atoms with Crippen molar-refractivity contribution in [3.05, 3.63) is 35.4 Å². The molecule has 0 heterocycles. The lowest BCUT2D eigenvalue weighted by Gasteiger charge is -2.20. The summed E-state index contributed by atoms with van der Waals surface area (Å²) in [5.74, 6) is 0.0730. The summed E-state index contributed by atoms with van der Waals surface area (Å²) >= 11 is 0. The van der Waals surface area contributed by atoms with Gasteiger partial charge in [0.2, 0.25) is 0 Å². The fourth-order valence-corrected chi connectivity index (χ4v) is 2.24. The Hall–Kier alpha value is -1.42. The van der Waals surface area contributed by atoms with Gasteiger partial charge < -0.3 is 10.0 Å². The Balaban J connectivity index is 2.54. The first-order chi connectivity index (χ1) is 8.81. The van der Waals surface area contributed by atoms with Crippen molar-refractivity contribution in [3.8, 4) is 6.07 Å². The molecule has 0 bridgehead atoms. The van der Waals surface area contributed by atoms with Crippen molar-refractivity contribution in [1.82, 2.24) is 4.90 Å². The number of hydrogen-bond acceptors (Lipinski definition) is 5. The highest BCUT2D eigenvalue weighted by Gasteiger charge is 2.12. The second-order valence-corrected chi connectivity index (χ2v) is 6.90. The van der Waals surface area contributed by atoms with Crippen molar-refractivity contribution in [2.45, 2.75) is 6.10 Å². The summed E-state index contributed by atoms with van der Waals surface area (Å²) in [5.41, 5.74) is 1.26. The molecule has 0 saturated heterocycles. The lowest BCUT2D eigenvalue weighted by molar-refractivity contribution is 0.130. The third kappa shape index (κ3) is 5.83. The zero-order chi connectivity index (χ0) is 14.5. The Kier molecular flexibility index (Phi) is 5.48. The van der Waals surface area contributed by atoms with Crippen molar-refractivity contribution < 1.29 is 13.5 Å². The minimum Gasteiger partial charge on any atom is -0.387 e. The Morgan fingerprint density at radius 2 is 1.95 bits per heavy atom. The number of hydrogen-bond donors (Lipinski definition) is 1. The molecule has 0 aliphatic heterocycles. The summed E-state index contributed by atoms with van der Waals surface area (Å²) in [7, 11) is -1.23. The number of aliphatic hydroxyl groups is 1. The summed E-state index contributed by atoms with van der Waals surface area (Å²) in [6, 6.07) is 8.71. The molecule has 1 unspecified atom stereocenters. The maximum atomic E-state index is 11.0. The van der Waals surface area contributed by atoms with E-state index in [0.29, 0.717) is 24.2 Å². The van der Waals surface area contributed by atoms with Gasteiger partial charge in [0, 0.05) is 19.3 Å². The average Bonchev–Trinajstić information content (AvgIpc) is 2.35. The molecule has 1 rings (SSSR count). The van der Waals surface area contributed by atoms with Gasteiger partial charge in [-0.05, 0) is 24.7 Å². The standard InChI is InChI=1S/C13H18N2O3S/c1-15(7-8-19(2,17)18)10-13(16)12-5-3-11(9-14)4-6-12/h3-6,13,16H,7-8,10H2,1-2H3. The predicted octanol–water partition coefficient (Wildman–Crippen LogP) is 0.568. The highest BCUT2D eigenvalue weighted by molar-refractivity contribution is 7.90. The monoisotopic (exact) mass is 282 g/mol. The molecule has 5 nitrogen and oxygen atoms in total. The van der Waals surface area contributed by atoms with Crippen molar-refractivity contribution in [2.24, 2.45) is 0 Å². The van der Waals surface area contributed by atoms with Gasteiger partial charge in [0.25, 0.3) is 0 Å². The summed E-state index contributed by atoms with van der Waals surface area (Å²) < 4.78 is 22.1. The van der Waals surface area contributed by atoms with Gasteiger partial charge in [0.05, 0.1) is 23.5 Å². The highest BCUT2D eigenvalue weighted by Crippen LogP contribution is 2.14. The van der Waals surface area contributed by atoms with Gasteiger partial charge in [-0.2, -0.15) is 5.26 Å². The molecule has 0 aromatic heterocycles. The van der Waals surface area contributed by atoms with Gasteiger partial charge in [-0.1, -0.05) is 12.1 Å². The molecule has 0 aliphatic rings. The van der Waals surface area contributed by atoms with E-state index in [1.807, 2.05) is 6.07 Å². The maximum absolute atomic E-state index is 11.0. The minimum atomic E-state index is -2.99. The van der Waals surface area contributed by atoms with E-state index in [2.05, 4.69) is 0 Å². The molecule has 1 atom stereocenters. The molecular formula is C13H18N2O3S. The number of rotatable bonds is 6. The van der Waals surface area contributed by atoms with E-state index in [9.17, 15) is 13.5 Å². The molecular weight excluding hydrogens is 264 g/mol. The smallest absolute Gasteiger partial charge is 0.148 e. The van der Waals surface area contributed by atoms with Crippen LogP contribution in [0.25, 0.3) is 0 Å². The molecule has 19 heavy (non-hydrogen) atoms. The van der Waals surface area contributed by atoms with Crippen LogP contribution in [0.5, 0.6) is 0 Å². The second-order valence-electron chi connectivity index (χ2n) is 4.64. The summed E-state index contributed by atoms with van der Waals surface area (Å²) in [5, 5.41) is 18.7. The van der Waals surface area contributed by atoms with Gasteiger partial charge in [-0.25, -0.2) is 8.42 Å². The Bertz CT molecular complexity index is 546. The first-order valence-corrected chi connectivity index (χ1v) is 7.92. The van der Waals surface area contributed by atoms with Crippen LogP contribution in [0.2, 0.25) is 0 Å². The first-order valence-electron chi connectivity index (χ1n) is 5.86. The Labute approximate surface area is 114 Å². The molecule has 0 spiro atoms. The van der Waals surface area contributed by atoms with Crippen LogP contribution in [-0.4, -0.2) is 50.6 Å². The van der Waals surface area contributed by atoms with Crippen LogP contribution in [0.3, 0.4) is 0 Å². The van der Waals surface area contributed by atoms with Gasteiger partial charge in [-0.15, -0.1) is 0 Å². The van der Waals surface area contributed by atoms with Gasteiger partial charge in [0.15, 0.2) is 0 Å². The number of likely N-dealkylation sites (N-methyl/N-ethyl adjacent to an activating group) is 1. The molecule has 0 saturated carbocycles. The van der Waals surface area contributed by atoms with Crippen LogP contribution in [0.1, 0.15) is 17.2 Å². The molecule has 0 amide bonds. The first kappa shape index (κ1) is 15.6. The fraction of sp³-hybridized carbons (Fsp3) is 0.462. The molecule has 1 aromatic rings. The summed E-state index contributed by atoms with van der Waals surface area (Å²) in [6.45, 7) is 0.730. The third-order valence-electron chi connectivity index (χ3n) is 2.75. The van der Waals surface area contributed by atoms with E-state index in [4.69, 9.17) is 5.26 Å². The fourth-order valence-electron chi connectivity index (χ4n) is 1.59. The predicted molar refractivity (Wildman–Crippen MR) is 73.3 cm³/mol. The number of nitrogens with zero attached hydrogens (tertiary/aromatic N) is 2. The topological polar surface area (TPSA) is 81.4 Å². The molecule has 104 valence electrons. The molecule has 1 N–H and O–H groups in total. The van der Waals surface area contributed by atoms with Crippen LogP contribution in [0.4, 0.5) is 0 Å². The van der Waals surface area contributed by atoms with Crippen LogP contribution in [-0.2, 0) is 9.84 Å². The van der Waals surface area contributed by atoms with Crippen LogP contribution >= 0.6 is 0 Å². The number of aliphatic hydroxyl groups excluding tert-OH is 1. The Morgan fingerprint density at radius 3 is 2.42 bits per heavy atom.